The van der Waals surface area contributed by atoms with E-state index in [2.05, 4.69) is 15.9 Å². The van der Waals surface area contributed by atoms with E-state index < -0.39 is 12.1 Å². The minimum atomic E-state index is -4.87. The second-order valence-electron chi connectivity index (χ2n) is 5.35. The van der Waals surface area contributed by atoms with Crippen molar-refractivity contribution in [3.63, 3.8) is 0 Å². The third-order valence-corrected chi connectivity index (χ3v) is 4.15. The molecule has 0 unspecified atom stereocenters. The number of alkyl halides is 3. The molecule has 0 N–H and O–H groups in total. The van der Waals surface area contributed by atoms with Crippen LogP contribution in [0.15, 0.2) is 34.8 Å². The van der Waals surface area contributed by atoms with E-state index in [1.165, 1.54) is 11.0 Å². The minimum Gasteiger partial charge on any atom is -0.337 e. The Kier molecular flexibility index (Phi) is 6.04. The van der Waals surface area contributed by atoms with Gasteiger partial charge in [-0.2, -0.15) is 13.2 Å². The minimum absolute atomic E-state index is 0.00144. The molecule has 2 amide bonds. The van der Waals surface area contributed by atoms with Gasteiger partial charge in [-0.3, -0.25) is 9.59 Å². The molecule has 1 aromatic carbocycles. The lowest BCUT2D eigenvalue weighted by Gasteiger charge is -2.22. The predicted octanol–water partition coefficient (Wildman–Crippen LogP) is 3.09. The summed E-state index contributed by atoms with van der Waals surface area (Å²) in [4.78, 5) is 25.6. The van der Waals surface area contributed by atoms with E-state index >= 15 is 0 Å². The molecular weight excluding hydrogens is 389 g/mol. The SMILES string of the molecule is O=C(/C=C/c1ccc(Br)cc1)N1CCCN(C(=O)C(F)(F)F)CC1. The van der Waals surface area contributed by atoms with E-state index in [1.807, 2.05) is 24.3 Å². The number of nitrogens with zero attached hydrogens (tertiary/aromatic N) is 2. The zero-order valence-electron chi connectivity index (χ0n) is 12.7. The highest BCUT2D eigenvalue weighted by molar-refractivity contribution is 9.10. The summed E-state index contributed by atoms with van der Waals surface area (Å²) in [5.41, 5.74) is 0.843. The molecule has 1 fully saturated rings. The van der Waals surface area contributed by atoms with Gasteiger partial charge in [0, 0.05) is 36.7 Å². The number of amides is 2. The molecule has 1 saturated heterocycles. The van der Waals surface area contributed by atoms with Crippen molar-refractivity contribution in [2.45, 2.75) is 12.6 Å². The van der Waals surface area contributed by atoms with Crippen molar-refractivity contribution < 1.29 is 22.8 Å². The third-order valence-electron chi connectivity index (χ3n) is 3.63. The Labute approximate surface area is 146 Å². The van der Waals surface area contributed by atoms with Gasteiger partial charge in [-0.05, 0) is 30.2 Å². The van der Waals surface area contributed by atoms with Gasteiger partial charge in [0.2, 0.25) is 5.91 Å². The van der Waals surface area contributed by atoms with E-state index in [1.54, 1.807) is 6.08 Å². The Balaban J connectivity index is 1.94. The Bertz CT molecular complexity index is 629. The number of hydrogen-bond acceptors (Lipinski definition) is 2. The summed E-state index contributed by atoms with van der Waals surface area (Å²) >= 11 is 3.32. The normalized spacial score (nSPS) is 16.3. The number of halogens is 4. The van der Waals surface area contributed by atoms with E-state index in [0.717, 1.165) is 14.9 Å². The molecule has 2 rings (SSSR count). The van der Waals surface area contributed by atoms with Crippen molar-refractivity contribution in [2.75, 3.05) is 26.2 Å². The van der Waals surface area contributed by atoms with Crippen molar-refractivity contribution in [3.8, 4) is 0 Å². The van der Waals surface area contributed by atoms with E-state index in [-0.39, 0.29) is 25.5 Å². The topological polar surface area (TPSA) is 40.6 Å². The quantitative estimate of drug-likeness (QED) is 0.710. The molecule has 0 aliphatic carbocycles. The lowest BCUT2D eigenvalue weighted by atomic mass is 10.2. The summed E-state index contributed by atoms with van der Waals surface area (Å²) < 4.78 is 38.3. The maximum absolute atomic E-state index is 12.5. The Morgan fingerprint density at radius 2 is 1.58 bits per heavy atom. The van der Waals surface area contributed by atoms with E-state index in [9.17, 15) is 22.8 Å². The zero-order valence-corrected chi connectivity index (χ0v) is 14.3. The smallest absolute Gasteiger partial charge is 0.337 e. The molecule has 1 heterocycles. The fraction of sp³-hybridized carbons (Fsp3) is 0.375. The molecule has 0 spiro atoms. The van der Waals surface area contributed by atoms with Gasteiger partial charge in [-0.25, -0.2) is 0 Å². The fourth-order valence-electron chi connectivity index (χ4n) is 2.37. The molecule has 1 aromatic rings. The first kappa shape index (κ1) is 18.5. The number of carbonyl (C=O) groups excluding carboxylic acids is 2. The largest absolute Gasteiger partial charge is 0.471 e. The molecule has 24 heavy (non-hydrogen) atoms. The van der Waals surface area contributed by atoms with Crippen LogP contribution in [0.1, 0.15) is 12.0 Å². The van der Waals surface area contributed by atoms with Crippen molar-refractivity contribution in [1.82, 2.24) is 9.80 Å². The summed E-state index contributed by atoms with van der Waals surface area (Å²) in [5.74, 6) is -2.12. The summed E-state index contributed by atoms with van der Waals surface area (Å²) in [5, 5.41) is 0. The molecule has 130 valence electrons. The number of rotatable bonds is 2. The van der Waals surface area contributed by atoms with Crippen molar-refractivity contribution in [1.29, 1.82) is 0 Å². The van der Waals surface area contributed by atoms with Crippen molar-refractivity contribution in [2.24, 2.45) is 0 Å². The van der Waals surface area contributed by atoms with E-state index in [0.29, 0.717) is 13.0 Å². The van der Waals surface area contributed by atoms with Gasteiger partial charge in [0.15, 0.2) is 0 Å². The molecule has 0 radical (unpaired) electrons. The van der Waals surface area contributed by atoms with Crippen LogP contribution in [-0.2, 0) is 9.59 Å². The Morgan fingerprint density at radius 3 is 2.21 bits per heavy atom. The predicted molar refractivity (Wildman–Crippen MR) is 87.0 cm³/mol. The lowest BCUT2D eigenvalue weighted by Crippen LogP contribution is -2.43. The van der Waals surface area contributed by atoms with Gasteiger partial charge in [-0.1, -0.05) is 28.1 Å². The molecule has 1 aliphatic rings. The highest BCUT2D eigenvalue weighted by Crippen LogP contribution is 2.19. The van der Waals surface area contributed by atoms with Gasteiger partial charge in [0.05, 0.1) is 0 Å². The Morgan fingerprint density at radius 1 is 1.00 bits per heavy atom. The van der Waals surface area contributed by atoms with Crippen LogP contribution in [0.5, 0.6) is 0 Å². The average molecular weight is 405 g/mol. The van der Waals surface area contributed by atoms with Crippen molar-refractivity contribution >= 4 is 33.8 Å². The van der Waals surface area contributed by atoms with Crippen LogP contribution in [0.3, 0.4) is 0 Å². The van der Waals surface area contributed by atoms with Gasteiger partial charge >= 0.3 is 12.1 Å². The van der Waals surface area contributed by atoms with Crippen LogP contribution in [-0.4, -0.2) is 54.0 Å². The maximum atomic E-state index is 12.5. The van der Waals surface area contributed by atoms with Gasteiger partial charge in [-0.15, -0.1) is 0 Å². The molecular formula is C16H16BrF3N2O2. The molecule has 0 saturated carbocycles. The van der Waals surface area contributed by atoms with Crippen LogP contribution in [0.25, 0.3) is 6.08 Å². The molecule has 0 bridgehead atoms. The first-order chi connectivity index (χ1) is 11.3. The van der Waals surface area contributed by atoms with Gasteiger partial charge < -0.3 is 9.80 Å². The summed E-state index contributed by atoms with van der Waals surface area (Å²) in [6, 6.07) is 7.35. The van der Waals surface area contributed by atoms with Gasteiger partial charge in [0.1, 0.15) is 0 Å². The highest BCUT2D eigenvalue weighted by Gasteiger charge is 2.42. The molecule has 8 heteroatoms. The summed E-state index contributed by atoms with van der Waals surface area (Å²) in [7, 11) is 0. The van der Waals surface area contributed by atoms with E-state index in [4.69, 9.17) is 0 Å². The summed E-state index contributed by atoms with van der Waals surface area (Å²) in [6.45, 7) is 0.297. The number of benzene rings is 1. The first-order valence-electron chi connectivity index (χ1n) is 7.36. The number of hydrogen-bond donors (Lipinski definition) is 0. The standard InChI is InChI=1S/C16H16BrF3N2O2/c17-13-5-2-12(3-6-13)4-7-14(23)21-8-1-9-22(11-10-21)15(24)16(18,19)20/h2-7H,1,8-11H2/b7-4+. The maximum Gasteiger partial charge on any atom is 0.471 e. The highest BCUT2D eigenvalue weighted by atomic mass is 79.9. The van der Waals surface area contributed by atoms with Crippen LogP contribution in [0.2, 0.25) is 0 Å². The van der Waals surface area contributed by atoms with Crippen LogP contribution < -0.4 is 0 Å². The Hall–Kier alpha value is -1.83. The second kappa shape index (κ2) is 7.83. The van der Waals surface area contributed by atoms with Crippen LogP contribution >= 0.6 is 15.9 Å². The lowest BCUT2D eigenvalue weighted by molar-refractivity contribution is -0.185. The molecule has 4 nitrogen and oxygen atoms in total. The van der Waals surface area contributed by atoms with Crippen molar-refractivity contribution in [3.05, 3.63) is 40.4 Å². The zero-order chi connectivity index (χ0) is 17.7. The second-order valence-corrected chi connectivity index (χ2v) is 6.27. The third kappa shape index (κ3) is 5.09. The molecule has 1 aliphatic heterocycles. The summed E-state index contributed by atoms with van der Waals surface area (Å²) in [6.07, 6.45) is -1.51. The molecule has 0 aromatic heterocycles. The molecule has 0 atom stereocenters. The van der Waals surface area contributed by atoms with Crippen LogP contribution in [0, 0.1) is 0 Å². The first-order valence-corrected chi connectivity index (χ1v) is 8.15. The average Bonchev–Trinajstić information content (AvgIpc) is 2.78. The van der Waals surface area contributed by atoms with Gasteiger partial charge in [0.25, 0.3) is 0 Å². The number of carbonyl (C=O) groups is 2. The van der Waals surface area contributed by atoms with Crippen LogP contribution in [0.4, 0.5) is 13.2 Å². The monoisotopic (exact) mass is 404 g/mol. The fourth-order valence-corrected chi connectivity index (χ4v) is 2.63.